The Kier molecular flexibility index (Phi) is 3.50. The molecular weight excluding hydrogens is 274 g/mol. The van der Waals surface area contributed by atoms with Crippen LogP contribution in [0.1, 0.15) is 24.3 Å². The quantitative estimate of drug-likeness (QED) is 0.827. The Morgan fingerprint density at radius 3 is 2.81 bits per heavy atom. The number of carboxylic acid groups (broad SMARTS) is 1. The highest BCUT2D eigenvalue weighted by Crippen LogP contribution is 2.16. The largest absolute Gasteiger partial charge is 0.476 e. The highest BCUT2D eigenvalue weighted by molar-refractivity contribution is 9.10. The minimum atomic E-state index is -1.13. The fourth-order valence-electron chi connectivity index (χ4n) is 0.893. The van der Waals surface area contributed by atoms with Crippen molar-refractivity contribution in [3.05, 3.63) is 16.4 Å². The fourth-order valence-corrected chi connectivity index (χ4v) is 1.25. The van der Waals surface area contributed by atoms with Gasteiger partial charge in [-0.25, -0.2) is 14.8 Å². The number of carboxylic acids is 1. The van der Waals surface area contributed by atoms with Gasteiger partial charge in [0.2, 0.25) is 5.95 Å². The van der Waals surface area contributed by atoms with Gasteiger partial charge in [-0.15, -0.1) is 6.42 Å². The second-order valence-electron chi connectivity index (χ2n) is 3.59. The van der Waals surface area contributed by atoms with Gasteiger partial charge in [0.15, 0.2) is 5.69 Å². The van der Waals surface area contributed by atoms with Gasteiger partial charge >= 0.3 is 5.97 Å². The first kappa shape index (κ1) is 12.5. The number of hydrogen-bond acceptors (Lipinski definition) is 4. The van der Waals surface area contributed by atoms with Crippen LogP contribution in [0, 0.1) is 12.3 Å². The van der Waals surface area contributed by atoms with Crippen molar-refractivity contribution in [3.8, 4) is 12.3 Å². The van der Waals surface area contributed by atoms with E-state index in [4.69, 9.17) is 11.5 Å². The number of carbonyl (C=O) groups is 1. The molecule has 5 nitrogen and oxygen atoms in total. The van der Waals surface area contributed by atoms with Gasteiger partial charge < -0.3 is 10.4 Å². The number of rotatable bonds is 3. The number of nitrogens with one attached hydrogen (secondary N) is 1. The first-order valence-electron chi connectivity index (χ1n) is 4.37. The lowest BCUT2D eigenvalue weighted by Gasteiger charge is -2.19. The van der Waals surface area contributed by atoms with Crippen molar-refractivity contribution < 1.29 is 9.90 Å². The van der Waals surface area contributed by atoms with E-state index in [9.17, 15) is 4.79 Å². The molecule has 0 bridgehead atoms. The van der Waals surface area contributed by atoms with Gasteiger partial charge in [0, 0.05) is 6.20 Å². The summed E-state index contributed by atoms with van der Waals surface area (Å²) >= 11 is 3.05. The third-order valence-corrected chi connectivity index (χ3v) is 2.31. The van der Waals surface area contributed by atoms with Crippen LogP contribution in [0.3, 0.4) is 0 Å². The normalized spacial score (nSPS) is 10.6. The molecule has 1 aromatic rings. The van der Waals surface area contributed by atoms with Crippen molar-refractivity contribution in [2.45, 2.75) is 19.4 Å². The molecule has 0 aliphatic heterocycles. The van der Waals surface area contributed by atoms with Crippen LogP contribution in [-0.2, 0) is 0 Å². The SMILES string of the molecule is C#CC(C)(C)Nc1ncc(Br)c(C(=O)O)n1. The number of anilines is 1. The Bertz CT molecular complexity index is 466. The fraction of sp³-hybridized carbons (Fsp3) is 0.300. The molecule has 1 rings (SSSR count). The Labute approximate surface area is 101 Å². The summed E-state index contributed by atoms with van der Waals surface area (Å²) in [6.45, 7) is 3.53. The summed E-state index contributed by atoms with van der Waals surface area (Å²) < 4.78 is 0.323. The maximum absolute atomic E-state index is 10.8. The van der Waals surface area contributed by atoms with Gasteiger partial charge in [-0.2, -0.15) is 0 Å². The number of aromatic carboxylic acids is 1. The number of aromatic nitrogens is 2. The predicted molar refractivity (Wildman–Crippen MR) is 63.2 cm³/mol. The molecule has 84 valence electrons. The van der Waals surface area contributed by atoms with Crippen LogP contribution >= 0.6 is 15.9 Å². The molecule has 0 spiro atoms. The highest BCUT2D eigenvalue weighted by atomic mass is 79.9. The summed E-state index contributed by atoms with van der Waals surface area (Å²) in [6, 6.07) is 0. The molecule has 0 aliphatic rings. The van der Waals surface area contributed by atoms with Crippen molar-refractivity contribution in [3.63, 3.8) is 0 Å². The van der Waals surface area contributed by atoms with Crippen molar-refractivity contribution in [2.24, 2.45) is 0 Å². The van der Waals surface area contributed by atoms with E-state index in [-0.39, 0.29) is 11.6 Å². The number of nitrogens with zero attached hydrogens (tertiary/aromatic N) is 2. The molecule has 0 atom stereocenters. The standard InChI is InChI=1S/C10H10BrN3O2/c1-4-10(2,3)14-9-12-5-6(11)7(13-9)8(15)16/h1,5H,2-3H3,(H,15,16)(H,12,13,14). The zero-order valence-corrected chi connectivity index (χ0v) is 10.4. The van der Waals surface area contributed by atoms with Crippen molar-refractivity contribution in [1.82, 2.24) is 9.97 Å². The third-order valence-electron chi connectivity index (χ3n) is 1.73. The van der Waals surface area contributed by atoms with E-state index in [1.54, 1.807) is 13.8 Å². The van der Waals surface area contributed by atoms with E-state index in [1.165, 1.54) is 6.20 Å². The summed E-state index contributed by atoms with van der Waals surface area (Å²) in [7, 11) is 0. The topological polar surface area (TPSA) is 75.1 Å². The maximum atomic E-state index is 10.8. The molecule has 0 amide bonds. The Morgan fingerprint density at radius 2 is 2.31 bits per heavy atom. The first-order chi connectivity index (χ1) is 7.35. The molecule has 0 saturated heterocycles. The second-order valence-corrected chi connectivity index (χ2v) is 4.44. The van der Waals surface area contributed by atoms with Crippen LogP contribution in [0.5, 0.6) is 0 Å². The molecule has 0 aromatic carbocycles. The maximum Gasteiger partial charge on any atom is 0.355 e. The molecule has 1 aromatic heterocycles. The molecule has 16 heavy (non-hydrogen) atoms. The minimum absolute atomic E-state index is 0.106. The van der Waals surface area contributed by atoms with Crippen LogP contribution in [0.25, 0.3) is 0 Å². The lowest BCUT2D eigenvalue weighted by atomic mass is 10.1. The lowest BCUT2D eigenvalue weighted by Crippen LogP contribution is -2.29. The van der Waals surface area contributed by atoms with Crippen LogP contribution < -0.4 is 5.32 Å². The molecule has 6 heteroatoms. The Hall–Kier alpha value is -1.61. The molecule has 0 aliphatic carbocycles. The van der Waals surface area contributed by atoms with Gasteiger partial charge in [-0.05, 0) is 29.8 Å². The minimum Gasteiger partial charge on any atom is -0.476 e. The number of hydrogen-bond donors (Lipinski definition) is 2. The second kappa shape index (κ2) is 4.49. The summed E-state index contributed by atoms with van der Waals surface area (Å²) in [5, 5.41) is 11.7. The van der Waals surface area contributed by atoms with Crippen LogP contribution in [-0.4, -0.2) is 26.6 Å². The van der Waals surface area contributed by atoms with Gasteiger partial charge in [0.05, 0.1) is 10.0 Å². The van der Waals surface area contributed by atoms with E-state index in [0.717, 1.165) is 0 Å². The summed E-state index contributed by atoms with van der Waals surface area (Å²) in [5.74, 6) is 1.56. The molecule has 0 saturated carbocycles. The smallest absolute Gasteiger partial charge is 0.355 e. The first-order valence-corrected chi connectivity index (χ1v) is 5.17. The average Bonchev–Trinajstić information content (AvgIpc) is 2.20. The molecule has 0 fully saturated rings. The Morgan fingerprint density at radius 1 is 1.69 bits per heavy atom. The van der Waals surface area contributed by atoms with Crippen molar-refractivity contribution >= 4 is 27.8 Å². The van der Waals surface area contributed by atoms with Crippen molar-refractivity contribution in [2.75, 3.05) is 5.32 Å². The monoisotopic (exact) mass is 283 g/mol. The number of halogens is 1. The van der Waals surface area contributed by atoms with Crippen LogP contribution in [0.15, 0.2) is 10.7 Å². The zero-order valence-electron chi connectivity index (χ0n) is 8.78. The highest BCUT2D eigenvalue weighted by Gasteiger charge is 2.17. The van der Waals surface area contributed by atoms with E-state index in [1.807, 2.05) is 0 Å². The van der Waals surface area contributed by atoms with E-state index in [2.05, 4.69) is 37.1 Å². The molecule has 0 unspecified atom stereocenters. The molecule has 2 N–H and O–H groups in total. The van der Waals surface area contributed by atoms with Crippen molar-refractivity contribution in [1.29, 1.82) is 0 Å². The summed E-state index contributed by atoms with van der Waals surface area (Å²) in [4.78, 5) is 18.6. The van der Waals surface area contributed by atoms with E-state index in [0.29, 0.717) is 4.47 Å². The van der Waals surface area contributed by atoms with E-state index >= 15 is 0 Å². The predicted octanol–water partition coefficient (Wildman–Crippen LogP) is 1.76. The summed E-state index contributed by atoms with van der Waals surface area (Å²) in [6.07, 6.45) is 6.65. The van der Waals surface area contributed by atoms with E-state index < -0.39 is 11.5 Å². The van der Waals surface area contributed by atoms with Gasteiger partial charge in [-0.3, -0.25) is 0 Å². The number of terminal acetylenes is 1. The van der Waals surface area contributed by atoms with Crippen LogP contribution in [0.2, 0.25) is 0 Å². The van der Waals surface area contributed by atoms with Gasteiger partial charge in [-0.1, -0.05) is 5.92 Å². The lowest BCUT2D eigenvalue weighted by molar-refractivity contribution is 0.0689. The molecule has 0 radical (unpaired) electrons. The average molecular weight is 284 g/mol. The van der Waals surface area contributed by atoms with Gasteiger partial charge in [0.1, 0.15) is 0 Å². The molecular formula is C10H10BrN3O2. The molecule has 1 heterocycles. The van der Waals surface area contributed by atoms with Gasteiger partial charge in [0.25, 0.3) is 0 Å². The Balaban J connectivity index is 3.06. The zero-order chi connectivity index (χ0) is 12.3. The third kappa shape index (κ3) is 2.94. The summed E-state index contributed by atoms with van der Waals surface area (Å²) in [5.41, 5.74) is -0.741. The van der Waals surface area contributed by atoms with Crippen LogP contribution in [0.4, 0.5) is 5.95 Å².